The van der Waals surface area contributed by atoms with E-state index < -0.39 is 0 Å². The second-order valence-corrected chi connectivity index (χ2v) is 3.93. The molecule has 1 atom stereocenters. The molecule has 0 aromatic heterocycles. The third-order valence-corrected chi connectivity index (χ3v) is 2.60. The molecule has 0 saturated carbocycles. The molecule has 4 nitrogen and oxygen atoms in total. The van der Waals surface area contributed by atoms with Crippen LogP contribution < -0.4 is 15.4 Å². The standard InChI is InChI=1S/C13H19FN2O2/c1-4-16-13(17)8-18-12-6-5-10(14)7-11(12)9(2)15-3/h5-7,9,15H,4,8H2,1-3H3,(H,16,17). The van der Waals surface area contributed by atoms with Crippen molar-refractivity contribution in [1.29, 1.82) is 0 Å². The van der Waals surface area contributed by atoms with Crippen LogP contribution in [0.3, 0.4) is 0 Å². The first-order chi connectivity index (χ1) is 8.58. The van der Waals surface area contributed by atoms with Crippen LogP contribution in [0.2, 0.25) is 0 Å². The first-order valence-corrected chi connectivity index (χ1v) is 5.94. The van der Waals surface area contributed by atoms with Crippen molar-refractivity contribution in [2.45, 2.75) is 19.9 Å². The number of rotatable bonds is 6. The summed E-state index contributed by atoms with van der Waals surface area (Å²) in [5, 5.41) is 5.65. The zero-order chi connectivity index (χ0) is 13.5. The predicted octanol–water partition coefficient (Wildman–Crippen LogP) is 1.62. The lowest BCUT2D eigenvalue weighted by Gasteiger charge is -2.16. The van der Waals surface area contributed by atoms with E-state index >= 15 is 0 Å². The molecule has 1 amide bonds. The number of nitrogens with one attached hydrogen (secondary N) is 2. The quantitative estimate of drug-likeness (QED) is 0.811. The first-order valence-electron chi connectivity index (χ1n) is 5.94. The largest absolute Gasteiger partial charge is 0.483 e. The molecule has 5 heteroatoms. The van der Waals surface area contributed by atoms with Gasteiger partial charge in [0.2, 0.25) is 0 Å². The fraction of sp³-hybridized carbons (Fsp3) is 0.462. The van der Waals surface area contributed by atoms with Gasteiger partial charge in [0, 0.05) is 18.2 Å². The molecule has 1 aromatic carbocycles. The molecule has 100 valence electrons. The average molecular weight is 254 g/mol. The van der Waals surface area contributed by atoms with Crippen LogP contribution in [0.4, 0.5) is 4.39 Å². The molecule has 2 N–H and O–H groups in total. The van der Waals surface area contributed by atoms with E-state index in [-0.39, 0.29) is 24.4 Å². The Balaban J connectivity index is 2.78. The smallest absolute Gasteiger partial charge is 0.257 e. The summed E-state index contributed by atoms with van der Waals surface area (Å²) < 4.78 is 18.6. The van der Waals surface area contributed by atoms with Crippen LogP contribution in [0.1, 0.15) is 25.5 Å². The third kappa shape index (κ3) is 4.00. The zero-order valence-electron chi connectivity index (χ0n) is 10.9. The van der Waals surface area contributed by atoms with E-state index in [0.717, 1.165) is 0 Å². The minimum absolute atomic E-state index is 0.0510. The van der Waals surface area contributed by atoms with E-state index in [9.17, 15) is 9.18 Å². The van der Waals surface area contributed by atoms with Gasteiger partial charge in [-0.2, -0.15) is 0 Å². The lowest BCUT2D eigenvalue weighted by molar-refractivity contribution is -0.123. The van der Waals surface area contributed by atoms with Gasteiger partial charge in [0.05, 0.1) is 0 Å². The number of carbonyl (C=O) groups excluding carboxylic acids is 1. The number of ether oxygens (including phenoxy) is 1. The van der Waals surface area contributed by atoms with E-state index in [1.807, 2.05) is 13.8 Å². The van der Waals surface area contributed by atoms with Gasteiger partial charge in [-0.1, -0.05) is 0 Å². The summed E-state index contributed by atoms with van der Waals surface area (Å²) in [5.41, 5.74) is 0.696. The van der Waals surface area contributed by atoms with Crippen molar-refractivity contribution in [1.82, 2.24) is 10.6 Å². The van der Waals surface area contributed by atoms with Crippen LogP contribution in [-0.4, -0.2) is 26.1 Å². The van der Waals surface area contributed by atoms with Crippen LogP contribution in [0.5, 0.6) is 5.75 Å². The van der Waals surface area contributed by atoms with E-state index in [0.29, 0.717) is 17.9 Å². The summed E-state index contributed by atoms with van der Waals surface area (Å²) in [6, 6.07) is 4.22. The fourth-order valence-electron chi connectivity index (χ4n) is 1.54. The Morgan fingerprint density at radius 2 is 2.22 bits per heavy atom. The molecule has 1 rings (SSSR count). The summed E-state index contributed by atoms with van der Waals surface area (Å²) in [6.45, 7) is 4.23. The van der Waals surface area contributed by atoms with Crippen molar-refractivity contribution < 1.29 is 13.9 Å². The van der Waals surface area contributed by atoms with Gasteiger partial charge in [0.15, 0.2) is 6.61 Å². The van der Waals surface area contributed by atoms with Crippen molar-refractivity contribution in [3.63, 3.8) is 0 Å². The normalized spacial score (nSPS) is 12.0. The van der Waals surface area contributed by atoms with Gasteiger partial charge in [-0.05, 0) is 39.1 Å². The summed E-state index contributed by atoms with van der Waals surface area (Å²) in [5.74, 6) is 0.00634. The Kier molecular flexibility index (Phi) is 5.58. The van der Waals surface area contributed by atoms with Crippen molar-refractivity contribution in [2.75, 3.05) is 20.2 Å². The molecular formula is C13H19FN2O2. The highest BCUT2D eigenvalue weighted by Gasteiger charge is 2.12. The molecule has 0 aliphatic carbocycles. The highest BCUT2D eigenvalue weighted by molar-refractivity contribution is 5.77. The molecule has 0 radical (unpaired) electrons. The highest BCUT2D eigenvalue weighted by Crippen LogP contribution is 2.25. The molecule has 0 saturated heterocycles. The van der Waals surface area contributed by atoms with Crippen LogP contribution in [-0.2, 0) is 4.79 Å². The van der Waals surface area contributed by atoms with E-state index in [2.05, 4.69) is 10.6 Å². The molecule has 0 fully saturated rings. The van der Waals surface area contributed by atoms with E-state index in [1.165, 1.54) is 18.2 Å². The number of benzene rings is 1. The molecule has 0 spiro atoms. The number of halogens is 1. The minimum atomic E-state index is -0.322. The van der Waals surface area contributed by atoms with E-state index in [4.69, 9.17) is 4.74 Å². The SMILES string of the molecule is CCNC(=O)COc1ccc(F)cc1C(C)NC. The summed E-state index contributed by atoms with van der Waals surface area (Å²) >= 11 is 0. The number of amides is 1. The molecule has 1 aromatic rings. The molecule has 0 aliphatic heterocycles. The second-order valence-electron chi connectivity index (χ2n) is 3.93. The number of carbonyl (C=O) groups is 1. The minimum Gasteiger partial charge on any atom is -0.483 e. The summed E-state index contributed by atoms with van der Waals surface area (Å²) in [4.78, 5) is 11.3. The van der Waals surface area contributed by atoms with Crippen molar-refractivity contribution in [3.05, 3.63) is 29.6 Å². The Morgan fingerprint density at radius 3 is 2.83 bits per heavy atom. The molecule has 0 aliphatic rings. The topological polar surface area (TPSA) is 50.4 Å². The predicted molar refractivity (Wildman–Crippen MR) is 68.1 cm³/mol. The fourth-order valence-corrected chi connectivity index (χ4v) is 1.54. The molecule has 0 heterocycles. The van der Waals surface area contributed by atoms with Crippen LogP contribution >= 0.6 is 0 Å². The van der Waals surface area contributed by atoms with Gasteiger partial charge in [-0.25, -0.2) is 4.39 Å². The lowest BCUT2D eigenvalue weighted by Crippen LogP contribution is -2.28. The zero-order valence-corrected chi connectivity index (χ0v) is 10.9. The Labute approximate surface area is 107 Å². The molecular weight excluding hydrogens is 235 g/mol. The average Bonchev–Trinajstić information content (AvgIpc) is 2.36. The number of hydrogen-bond acceptors (Lipinski definition) is 3. The Hall–Kier alpha value is -1.62. The van der Waals surface area contributed by atoms with Crippen LogP contribution in [0.25, 0.3) is 0 Å². The Morgan fingerprint density at radius 1 is 1.50 bits per heavy atom. The number of hydrogen-bond donors (Lipinski definition) is 2. The van der Waals surface area contributed by atoms with Gasteiger partial charge in [0.25, 0.3) is 5.91 Å². The van der Waals surface area contributed by atoms with Gasteiger partial charge in [0.1, 0.15) is 11.6 Å². The maximum absolute atomic E-state index is 13.2. The molecule has 0 bridgehead atoms. The second kappa shape index (κ2) is 6.96. The van der Waals surface area contributed by atoms with E-state index in [1.54, 1.807) is 7.05 Å². The monoisotopic (exact) mass is 254 g/mol. The Bertz CT molecular complexity index is 410. The summed E-state index contributed by atoms with van der Waals surface area (Å²) in [6.07, 6.45) is 0. The number of likely N-dealkylation sites (N-methyl/N-ethyl adjacent to an activating group) is 1. The van der Waals surface area contributed by atoms with Crippen molar-refractivity contribution in [2.24, 2.45) is 0 Å². The maximum atomic E-state index is 13.2. The van der Waals surface area contributed by atoms with Gasteiger partial charge in [-0.15, -0.1) is 0 Å². The highest BCUT2D eigenvalue weighted by atomic mass is 19.1. The van der Waals surface area contributed by atoms with Gasteiger partial charge >= 0.3 is 0 Å². The van der Waals surface area contributed by atoms with Crippen molar-refractivity contribution >= 4 is 5.91 Å². The molecule has 1 unspecified atom stereocenters. The maximum Gasteiger partial charge on any atom is 0.257 e. The third-order valence-electron chi connectivity index (χ3n) is 2.60. The van der Waals surface area contributed by atoms with Crippen LogP contribution in [0, 0.1) is 5.82 Å². The van der Waals surface area contributed by atoms with Crippen LogP contribution in [0.15, 0.2) is 18.2 Å². The molecule has 18 heavy (non-hydrogen) atoms. The van der Waals surface area contributed by atoms with Gasteiger partial charge in [-0.3, -0.25) is 4.79 Å². The van der Waals surface area contributed by atoms with Crippen molar-refractivity contribution in [3.8, 4) is 5.75 Å². The van der Waals surface area contributed by atoms with Gasteiger partial charge < -0.3 is 15.4 Å². The lowest BCUT2D eigenvalue weighted by atomic mass is 10.1. The first kappa shape index (κ1) is 14.4. The summed E-state index contributed by atoms with van der Waals surface area (Å²) in [7, 11) is 1.78.